The van der Waals surface area contributed by atoms with Crippen LogP contribution in [0, 0.1) is 5.41 Å². The number of hydrogen-bond acceptors (Lipinski definition) is 2. The monoisotopic (exact) mass is 270 g/mol. The molecular formula is C15H26O4. The molecule has 0 saturated carbocycles. The van der Waals surface area contributed by atoms with Gasteiger partial charge in [-0.15, -0.1) is 0 Å². The van der Waals surface area contributed by atoms with Crippen LogP contribution in [-0.4, -0.2) is 22.2 Å². The molecule has 0 amide bonds. The predicted octanol–water partition coefficient (Wildman–Crippen LogP) is 3.86. The molecule has 4 heteroatoms. The number of carboxylic acid groups (broad SMARTS) is 2. The number of hydrogen-bond donors (Lipinski definition) is 2. The lowest BCUT2D eigenvalue weighted by atomic mass is 9.73. The Bertz CT molecular complexity index is 333. The van der Waals surface area contributed by atoms with Crippen LogP contribution in [0.25, 0.3) is 0 Å². The maximum atomic E-state index is 11.3. The van der Waals surface area contributed by atoms with E-state index >= 15 is 0 Å². The van der Waals surface area contributed by atoms with Gasteiger partial charge in [0.05, 0.1) is 5.57 Å². The normalized spacial score (nSPS) is 15.0. The molecule has 0 aliphatic rings. The number of aliphatic carboxylic acids is 2. The molecule has 0 rings (SSSR count). The SMILES string of the molecule is CCCCCC(C)(CCCC)/C(=C/C(=O)O)C(=O)O. The van der Waals surface area contributed by atoms with Crippen LogP contribution < -0.4 is 0 Å². The molecule has 0 aromatic heterocycles. The van der Waals surface area contributed by atoms with Crippen molar-refractivity contribution in [2.24, 2.45) is 5.41 Å². The van der Waals surface area contributed by atoms with Gasteiger partial charge in [-0.05, 0) is 18.3 Å². The fourth-order valence-corrected chi connectivity index (χ4v) is 2.34. The zero-order valence-electron chi connectivity index (χ0n) is 12.2. The Morgan fingerprint density at radius 3 is 1.95 bits per heavy atom. The van der Waals surface area contributed by atoms with E-state index in [1.54, 1.807) is 0 Å². The number of carbonyl (C=O) groups is 2. The second-order valence-electron chi connectivity index (χ2n) is 5.32. The van der Waals surface area contributed by atoms with Gasteiger partial charge in [0.15, 0.2) is 0 Å². The average Bonchev–Trinajstić information content (AvgIpc) is 2.33. The minimum Gasteiger partial charge on any atom is -0.478 e. The highest BCUT2D eigenvalue weighted by Gasteiger charge is 2.33. The van der Waals surface area contributed by atoms with Crippen molar-refractivity contribution in [1.29, 1.82) is 0 Å². The molecule has 2 N–H and O–H groups in total. The maximum Gasteiger partial charge on any atom is 0.332 e. The van der Waals surface area contributed by atoms with Crippen LogP contribution in [0.3, 0.4) is 0 Å². The molecular weight excluding hydrogens is 244 g/mol. The molecule has 1 atom stereocenters. The molecule has 0 aliphatic carbocycles. The summed E-state index contributed by atoms with van der Waals surface area (Å²) in [5.41, 5.74) is -0.514. The summed E-state index contributed by atoms with van der Waals surface area (Å²) in [6.45, 7) is 6.02. The minimum absolute atomic E-state index is 0.0320. The van der Waals surface area contributed by atoms with E-state index in [0.29, 0.717) is 0 Å². The summed E-state index contributed by atoms with van der Waals surface area (Å²) in [7, 11) is 0. The van der Waals surface area contributed by atoms with Gasteiger partial charge >= 0.3 is 11.9 Å². The zero-order chi connectivity index (χ0) is 14.9. The third-order valence-electron chi connectivity index (χ3n) is 3.56. The quantitative estimate of drug-likeness (QED) is 0.467. The van der Waals surface area contributed by atoms with E-state index in [-0.39, 0.29) is 5.57 Å². The highest BCUT2D eigenvalue weighted by Crippen LogP contribution is 2.38. The number of rotatable bonds is 10. The smallest absolute Gasteiger partial charge is 0.332 e. The topological polar surface area (TPSA) is 74.6 Å². The van der Waals surface area contributed by atoms with Gasteiger partial charge in [0, 0.05) is 6.08 Å². The first-order chi connectivity index (χ1) is 8.87. The molecule has 0 aliphatic heterocycles. The molecule has 0 radical (unpaired) electrons. The van der Waals surface area contributed by atoms with Crippen molar-refractivity contribution in [3.63, 3.8) is 0 Å². The van der Waals surface area contributed by atoms with Crippen LogP contribution in [0.4, 0.5) is 0 Å². The molecule has 0 fully saturated rings. The fourth-order valence-electron chi connectivity index (χ4n) is 2.34. The summed E-state index contributed by atoms with van der Waals surface area (Å²) in [4.78, 5) is 22.2. The second-order valence-corrected chi connectivity index (χ2v) is 5.32. The minimum atomic E-state index is -1.18. The van der Waals surface area contributed by atoms with Gasteiger partial charge in [-0.3, -0.25) is 0 Å². The summed E-state index contributed by atoms with van der Waals surface area (Å²) in [5, 5.41) is 18.1. The van der Waals surface area contributed by atoms with Gasteiger partial charge in [0.25, 0.3) is 0 Å². The van der Waals surface area contributed by atoms with Crippen molar-refractivity contribution in [2.45, 2.75) is 65.7 Å². The van der Waals surface area contributed by atoms with Crippen LogP contribution in [0.1, 0.15) is 65.7 Å². The van der Waals surface area contributed by atoms with Crippen LogP contribution in [0.2, 0.25) is 0 Å². The van der Waals surface area contributed by atoms with Gasteiger partial charge in [0.2, 0.25) is 0 Å². The average molecular weight is 270 g/mol. The second kappa shape index (κ2) is 8.73. The van der Waals surface area contributed by atoms with Crippen LogP contribution in [0.5, 0.6) is 0 Å². The summed E-state index contributed by atoms with van der Waals surface area (Å²) < 4.78 is 0. The third kappa shape index (κ3) is 6.41. The van der Waals surface area contributed by atoms with Gasteiger partial charge in [-0.25, -0.2) is 9.59 Å². The Morgan fingerprint density at radius 1 is 1.00 bits per heavy atom. The Labute approximate surface area is 115 Å². The predicted molar refractivity (Wildman–Crippen MR) is 75.1 cm³/mol. The molecule has 1 unspecified atom stereocenters. The Morgan fingerprint density at radius 2 is 1.53 bits per heavy atom. The molecule has 0 heterocycles. The van der Waals surface area contributed by atoms with E-state index in [2.05, 4.69) is 6.92 Å². The van der Waals surface area contributed by atoms with E-state index < -0.39 is 17.4 Å². The van der Waals surface area contributed by atoms with Crippen LogP contribution in [0.15, 0.2) is 11.6 Å². The molecule has 19 heavy (non-hydrogen) atoms. The van der Waals surface area contributed by atoms with Gasteiger partial charge in [-0.1, -0.05) is 52.9 Å². The summed E-state index contributed by atoms with van der Waals surface area (Å²) in [5.74, 6) is -2.30. The van der Waals surface area contributed by atoms with Gasteiger partial charge in [0.1, 0.15) is 0 Å². The number of unbranched alkanes of at least 4 members (excludes halogenated alkanes) is 3. The van der Waals surface area contributed by atoms with E-state index in [4.69, 9.17) is 5.11 Å². The van der Waals surface area contributed by atoms with E-state index in [1.807, 2.05) is 13.8 Å². The standard InChI is InChI=1S/C15H26O4/c1-4-6-8-10-15(3,9-7-5-2)12(14(18)19)11-13(16)17/h11H,4-10H2,1-3H3,(H,16,17)(H,18,19)/b12-11+. The summed E-state index contributed by atoms with van der Waals surface area (Å²) in [6.07, 6.45) is 7.24. The van der Waals surface area contributed by atoms with E-state index in [0.717, 1.165) is 51.0 Å². The lowest BCUT2D eigenvalue weighted by molar-refractivity contribution is -0.136. The van der Waals surface area contributed by atoms with Gasteiger partial charge < -0.3 is 10.2 Å². The third-order valence-corrected chi connectivity index (χ3v) is 3.56. The van der Waals surface area contributed by atoms with E-state index in [9.17, 15) is 14.7 Å². The van der Waals surface area contributed by atoms with E-state index in [1.165, 1.54) is 0 Å². The highest BCUT2D eigenvalue weighted by atomic mass is 16.4. The lowest BCUT2D eigenvalue weighted by Crippen LogP contribution is -2.26. The highest BCUT2D eigenvalue weighted by molar-refractivity contribution is 5.95. The van der Waals surface area contributed by atoms with Crippen molar-refractivity contribution in [3.05, 3.63) is 11.6 Å². The molecule has 0 saturated heterocycles. The fraction of sp³-hybridized carbons (Fsp3) is 0.733. The Hall–Kier alpha value is -1.32. The Kier molecular flexibility index (Phi) is 8.12. The first kappa shape index (κ1) is 17.7. The van der Waals surface area contributed by atoms with Crippen molar-refractivity contribution < 1.29 is 19.8 Å². The van der Waals surface area contributed by atoms with Crippen molar-refractivity contribution >= 4 is 11.9 Å². The molecule has 0 aromatic carbocycles. The summed E-state index contributed by atoms with van der Waals surface area (Å²) >= 11 is 0. The van der Waals surface area contributed by atoms with Crippen molar-refractivity contribution in [1.82, 2.24) is 0 Å². The lowest BCUT2D eigenvalue weighted by Gasteiger charge is -2.30. The molecule has 0 spiro atoms. The van der Waals surface area contributed by atoms with Crippen LogP contribution in [-0.2, 0) is 9.59 Å². The zero-order valence-corrected chi connectivity index (χ0v) is 12.2. The van der Waals surface area contributed by atoms with Gasteiger partial charge in [-0.2, -0.15) is 0 Å². The largest absolute Gasteiger partial charge is 0.478 e. The summed E-state index contributed by atoms with van der Waals surface area (Å²) in [6, 6.07) is 0. The molecule has 110 valence electrons. The first-order valence-corrected chi connectivity index (χ1v) is 7.05. The molecule has 4 nitrogen and oxygen atoms in total. The molecule has 0 bridgehead atoms. The first-order valence-electron chi connectivity index (χ1n) is 7.05. The molecule has 0 aromatic rings. The Balaban J connectivity index is 5.14. The van der Waals surface area contributed by atoms with Crippen molar-refractivity contribution in [3.8, 4) is 0 Å². The van der Waals surface area contributed by atoms with Crippen molar-refractivity contribution in [2.75, 3.05) is 0 Å². The maximum absolute atomic E-state index is 11.3. The van der Waals surface area contributed by atoms with Crippen LogP contribution >= 0.6 is 0 Å². The number of carboxylic acids is 2.